The van der Waals surface area contributed by atoms with Crippen molar-refractivity contribution in [2.75, 3.05) is 13.3 Å². The molecule has 0 saturated carbocycles. The normalized spacial score (nSPS) is 24.7. The monoisotopic (exact) mass is 472 g/mol. The van der Waals surface area contributed by atoms with E-state index >= 15 is 0 Å². The van der Waals surface area contributed by atoms with Gasteiger partial charge in [-0.15, -0.1) is 0 Å². The minimum atomic E-state index is -1.57. The number of aliphatic hydroxyl groups is 1. The van der Waals surface area contributed by atoms with E-state index in [0.29, 0.717) is 0 Å². The van der Waals surface area contributed by atoms with Gasteiger partial charge in [-0.1, -0.05) is 60.7 Å². The van der Waals surface area contributed by atoms with E-state index in [2.05, 4.69) is 4.98 Å². The summed E-state index contributed by atoms with van der Waals surface area (Å²) in [5.74, 6) is 0. The summed E-state index contributed by atoms with van der Waals surface area (Å²) in [6.07, 6.45) is -1.96. The highest BCUT2D eigenvalue weighted by Crippen LogP contribution is 2.40. The smallest absolute Gasteiger partial charge is 0.251 e. The lowest BCUT2D eigenvalue weighted by Crippen LogP contribution is -2.50. The number of aromatic nitrogens is 2. The fraction of sp³-hybridized carbons (Fsp3) is 0.333. The van der Waals surface area contributed by atoms with Gasteiger partial charge in [-0.05, 0) is 23.3 Å². The van der Waals surface area contributed by atoms with Gasteiger partial charge in [0, 0.05) is 12.3 Å². The van der Waals surface area contributed by atoms with Gasteiger partial charge in [-0.3, -0.25) is 14.3 Å². The van der Waals surface area contributed by atoms with Gasteiger partial charge in [-0.2, -0.15) is 0 Å². The van der Waals surface area contributed by atoms with Gasteiger partial charge in [0.15, 0.2) is 16.6 Å². The number of halogens is 1. The van der Waals surface area contributed by atoms with Crippen molar-refractivity contribution in [2.24, 2.45) is 0 Å². The second kappa shape index (κ2) is 10.5. The Morgan fingerprint density at radius 3 is 2.30 bits per heavy atom. The standard InChI is InChI=1S/C24H25FN2O5S/c25-15-24(16-30-13-17-7-3-1-4-8-17)21(31-14-18-9-5-2-6-10-18)20(29)22(32-24)27-12-11-19(28)26-23(27)33/h1-12,20-22,29H,13-16H2,(H,26,28,33)/t20-,21+,22-,24-/m1/s1. The number of alkyl halides is 1. The van der Waals surface area contributed by atoms with Crippen LogP contribution in [0.1, 0.15) is 17.4 Å². The SMILES string of the molecule is O=c1ccn([C@@H]2O[C@](CF)(COCc3ccccc3)[C@@H](OCc3ccccc3)[C@H]2O)c(=S)[nH]1. The Morgan fingerprint density at radius 2 is 1.70 bits per heavy atom. The third-order valence-electron chi connectivity index (χ3n) is 5.56. The second-order valence-corrected chi connectivity index (χ2v) is 8.30. The van der Waals surface area contributed by atoms with Crippen LogP contribution in [0.2, 0.25) is 0 Å². The van der Waals surface area contributed by atoms with E-state index in [0.717, 1.165) is 11.1 Å². The maximum Gasteiger partial charge on any atom is 0.251 e. The number of ether oxygens (including phenoxy) is 3. The quantitative estimate of drug-likeness (QED) is 0.465. The number of hydrogen-bond donors (Lipinski definition) is 2. The van der Waals surface area contributed by atoms with Crippen LogP contribution in [0, 0.1) is 4.77 Å². The zero-order chi connectivity index (χ0) is 23.3. The Hall–Kier alpha value is -2.69. The van der Waals surface area contributed by atoms with Crippen molar-refractivity contribution in [3.05, 3.63) is 99.2 Å². The molecule has 0 spiro atoms. The van der Waals surface area contributed by atoms with Crippen LogP contribution in [0.25, 0.3) is 0 Å². The Labute approximate surface area is 195 Å². The molecule has 2 heterocycles. The van der Waals surface area contributed by atoms with Gasteiger partial charge in [0.2, 0.25) is 0 Å². The summed E-state index contributed by atoms with van der Waals surface area (Å²) >= 11 is 5.22. The third kappa shape index (κ3) is 5.29. The van der Waals surface area contributed by atoms with Crippen molar-refractivity contribution < 1.29 is 23.7 Å². The molecule has 0 unspecified atom stereocenters. The first-order valence-electron chi connectivity index (χ1n) is 10.5. The van der Waals surface area contributed by atoms with E-state index in [4.69, 9.17) is 26.4 Å². The molecule has 174 valence electrons. The number of aromatic amines is 1. The van der Waals surface area contributed by atoms with Gasteiger partial charge in [-0.25, -0.2) is 4.39 Å². The zero-order valence-corrected chi connectivity index (χ0v) is 18.6. The number of H-pyrrole nitrogens is 1. The largest absolute Gasteiger partial charge is 0.386 e. The van der Waals surface area contributed by atoms with Crippen LogP contribution in [-0.2, 0) is 27.4 Å². The lowest BCUT2D eigenvalue weighted by molar-refractivity contribution is -0.165. The summed E-state index contributed by atoms with van der Waals surface area (Å²) in [6, 6.07) is 20.1. The first kappa shape index (κ1) is 23.5. The van der Waals surface area contributed by atoms with Gasteiger partial charge < -0.3 is 19.3 Å². The summed E-state index contributed by atoms with van der Waals surface area (Å²) in [4.78, 5) is 14.1. The maximum absolute atomic E-state index is 14.6. The summed E-state index contributed by atoms with van der Waals surface area (Å²) in [5, 5.41) is 11.1. The number of aliphatic hydroxyl groups excluding tert-OH is 1. The molecule has 4 rings (SSSR count). The first-order chi connectivity index (χ1) is 16.0. The minimum absolute atomic E-state index is 0.0493. The van der Waals surface area contributed by atoms with E-state index < -0.39 is 30.7 Å². The minimum Gasteiger partial charge on any atom is -0.386 e. The Morgan fingerprint density at radius 1 is 1.06 bits per heavy atom. The molecule has 0 aliphatic carbocycles. The van der Waals surface area contributed by atoms with Crippen LogP contribution in [0.5, 0.6) is 0 Å². The molecule has 2 aromatic carbocycles. The molecule has 1 aliphatic rings. The predicted octanol–water partition coefficient (Wildman–Crippen LogP) is 3.31. The van der Waals surface area contributed by atoms with E-state index in [9.17, 15) is 14.3 Å². The zero-order valence-electron chi connectivity index (χ0n) is 17.8. The molecule has 9 heteroatoms. The van der Waals surface area contributed by atoms with Crippen molar-refractivity contribution in [1.29, 1.82) is 0 Å². The maximum atomic E-state index is 14.6. The summed E-state index contributed by atoms with van der Waals surface area (Å²) in [6.45, 7) is -0.708. The molecule has 0 amide bonds. The van der Waals surface area contributed by atoms with E-state index in [1.807, 2.05) is 60.7 Å². The molecule has 2 N–H and O–H groups in total. The van der Waals surface area contributed by atoms with Gasteiger partial charge in [0.05, 0.1) is 19.8 Å². The Bertz CT molecular complexity index is 1160. The van der Waals surface area contributed by atoms with Crippen molar-refractivity contribution in [3.8, 4) is 0 Å². The molecule has 33 heavy (non-hydrogen) atoms. The lowest BCUT2D eigenvalue weighted by Gasteiger charge is -2.31. The van der Waals surface area contributed by atoms with Crippen LogP contribution in [0.15, 0.2) is 77.7 Å². The number of benzene rings is 2. The Kier molecular flexibility index (Phi) is 7.46. The topological polar surface area (TPSA) is 85.7 Å². The predicted molar refractivity (Wildman–Crippen MR) is 122 cm³/mol. The molecule has 1 fully saturated rings. The van der Waals surface area contributed by atoms with Crippen LogP contribution in [0.3, 0.4) is 0 Å². The summed E-state index contributed by atoms with van der Waals surface area (Å²) < 4.78 is 33.9. The molecule has 4 atom stereocenters. The van der Waals surface area contributed by atoms with Gasteiger partial charge >= 0.3 is 0 Å². The van der Waals surface area contributed by atoms with Gasteiger partial charge in [0.25, 0.3) is 5.56 Å². The van der Waals surface area contributed by atoms with Crippen LogP contribution in [-0.4, -0.2) is 45.7 Å². The number of nitrogens with zero attached hydrogens (tertiary/aromatic N) is 1. The van der Waals surface area contributed by atoms with Crippen LogP contribution < -0.4 is 5.56 Å². The fourth-order valence-corrected chi connectivity index (χ4v) is 4.14. The van der Waals surface area contributed by atoms with Gasteiger partial charge in [0.1, 0.15) is 18.9 Å². The lowest BCUT2D eigenvalue weighted by atomic mass is 9.97. The first-order valence-corrected chi connectivity index (χ1v) is 10.9. The van der Waals surface area contributed by atoms with E-state index in [-0.39, 0.29) is 30.2 Å². The number of hydrogen-bond acceptors (Lipinski definition) is 6. The van der Waals surface area contributed by atoms with Crippen LogP contribution >= 0.6 is 12.2 Å². The molecule has 1 aromatic heterocycles. The second-order valence-electron chi connectivity index (χ2n) is 7.91. The van der Waals surface area contributed by atoms with Crippen LogP contribution in [0.4, 0.5) is 4.39 Å². The third-order valence-corrected chi connectivity index (χ3v) is 5.87. The highest BCUT2D eigenvalue weighted by atomic mass is 32.1. The average Bonchev–Trinajstić information content (AvgIpc) is 3.10. The van der Waals surface area contributed by atoms with Crippen molar-refractivity contribution in [1.82, 2.24) is 9.55 Å². The molecule has 0 bridgehead atoms. The summed E-state index contributed by atoms with van der Waals surface area (Å²) in [7, 11) is 0. The summed E-state index contributed by atoms with van der Waals surface area (Å²) in [5.41, 5.74) is -0.167. The molecule has 1 saturated heterocycles. The molecular weight excluding hydrogens is 447 g/mol. The highest BCUT2D eigenvalue weighted by Gasteiger charge is 2.57. The molecular formula is C24H25FN2O5S. The number of rotatable bonds is 9. The fourth-order valence-electron chi connectivity index (χ4n) is 3.88. The molecule has 0 radical (unpaired) electrons. The number of nitrogens with one attached hydrogen (secondary N) is 1. The Balaban J connectivity index is 1.59. The molecule has 3 aromatic rings. The van der Waals surface area contributed by atoms with Crippen molar-refractivity contribution in [2.45, 2.75) is 37.3 Å². The highest BCUT2D eigenvalue weighted by molar-refractivity contribution is 7.71. The van der Waals surface area contributed by atoms with E-state index in [1.54, 1.807) is 0 Å². The van der Waals surface area contributed by atoms with Crippen molar-refractivity contribution in [3.63, 3.8) is 0 Å². The van der Waals surface area contributed by atoms with E-state index in [1.165, 1.54) is 16.8 Å². The van der Waals surface area contributed by atoms with Crippen molar-refractivity contribution >= 4 is 12.2 Å². The molecule has 1 aliphatic heterocycles. The molecule has 7 nitrogen and oxygen atoms in total. The average molecular weight is 473 g/mol.